The average Bonchev–Trinajstić information content (AvgIpc) is 3.17. The molecular weight excluding hydrogens is 421 g/mol. The Morgan fingerprint density at radius 3 is 2.50 bits per heavy atom. The van der Waals surface area contributed by atoms with E-state index in [4.69, 9.17) is 4.74 Å². The Morgan fingerprint density at radius 2 is 1.78 bits per heavy atom. The number of para-hydroxylation sites is 2. The van der Waals surface area contributed by atoms with Gasteiger partial charge in [0.2, 0.25) is 11.7 Å². The molecule has 0 aliphatic rings. The number of carbonyl (C=O) groups is 1. The van der Waals surface area contributed by atoms with E-state index in [1.165, 1.54) is 12.1 Å². The highest BCUT2D eigenvalue weighted by atomic mass is 19.4. The molecule has 0 atom stereocenters. The van der Waals surface area contributed by atoms with Gasteiger partial charge in [0.05, 0.1) is 11.0 Å². The molecule has 4 aromatic rings. The molecule has 1 N–H and O–H groups in total. The standard InChI is InChI=1S/C23H19F3N4O2/c24-23(25,26)22-29-19-5-1-2-6-20(19)30(22)14-21(31)28-13-16-7-9-18(10-8-16)32-15-17-4-3-11-27-12-17/h1-12H,13-15H2,(H,28,31). The van der Waals surface area contributed by atoms with Crippen molar-refractivity contribution in [3.63, 3.8) is 0 Å². The van der Waals surface area contributed by atoms with Crippen LogP contribution in [-0.2, 0) is 30.7 Å². The van der Waals surface area contributed by atoms with E-state index in [1.807, 2.05) is 12.1 Å². The number of amides is 1. The number of rotatable bonds is 7. The van der Waals surface area contributed by atoms with E-state index in [0.717, 1.165) is 15.7 Å². The Kier molecular flexibility index (Phi) is 6.07. The predicted octanol–water partition coefficient (Wildman–Crippen LogP) is 4.35. The minimum Gasteiger partial charge on any atom is -0.489 e. The zero-order valence-corrected chi connectivity index (χ0v) is 16.8. The summed E-state index contributed by atoms with van der Waals surface area (Å²) in [6.45, 7) is 0.0711. The van der Waals surface area contributed by atoms with Gasteiger partial charge < -0.3 is 14.6 Å². The maximum atomic E-state index is 13.4. The first-order chi connectivity index (χ1) is 15.4. The fourth-order valence-electron chi connectivity index (χ4n) is 3.21. The third-order valence-electron chi connectivity index (χ3n) is 4.75. The molecule has 0 fully saturated rings. The molecule has 0 radical (unpaired) electrons. The number of alkyl halides is 3. The molecule has 4 rings (SSSR count). The molecule has 6 nitrogen and oxygen atoms in total. The maximum Gasteiger partial charge on any atom is 0.449 e. The third-order valence-corrected chi connectivity index (χ3v) is 4.75. The molecule has 2 heterocycles. The summed E-state index contributed by atoms with van der Waals surface area (Å²) in [5.41, 5.74) is 2.17. The number of nitrogens with zero attached hydrogens (tertiary/aromatic N) is 3. The molecule has 32 heavy (non-hydrogen) atoms. The molecule has 0 saturated carbocycles. The van der Waals surface area contributed by atoms with Gasteiger partial charge in [-0.3, -0.25) is 9.78 Å². The largest absolute Gasteiger partial charge is 0.489 e. The van der Waals surface area contributed by atoms with Crippen molar-refractivity contribution < 1.29 is 22.7 Å². The van der Waals surface area contributed by atoms with Crippen molar-refractivity contribution in [2.45, 2.75) is 25.9 Å². The van der Waals surface area contributed by atoms with Crippen molar-refractivity contribution in [1.29, 1.82) is 0 Å². The predicted molar refractivity (Wildman–Crippen MR) is 112 cm³/mol. The van der Waals surface area contributed by atoms with E-state index in [0.29, 0.717) is 12.4 Å². The molecular formula is C23H19F3N4O2. The van der Waals surface area contributed by atoms with Gasteiger partial charge in [0.25, 0.3) is 0 Å². The topological polar surface area (TPSA) is 69.0 Å². The average molecular weight is 440 g/mol. The molecule has 1 amide bonds. The van der Waals surface area contributed by atoms with Gasteiger partial charge in [0.1, 0.15) is 18.9 Å². The Labute approximate surface area is 181 Å². The van der Waals surface area contributed by atoms with E-state index in [1.54, 1.807) is 48.8 Å². The van der Waals surface area contributed by atoms with Crippen LogP contribution < -0.4 is 10.1 Å². The highest BCUT2D eigenvalue weighted by Gasteiger charge is 2.37. The summed E-state index contributed by atoms with van der Waals surface area (Å²) in [6, 6.07) is 17.0. The molecule has 9 heteroatoms. The minimum absolute atomic E-state index is 0.176. The van der Waals surface area contributed by atoms with Gasteiger partial charge in [-0.05, 0) is 35.9 Å². The molecule has 0 unspecified atom stereocenters. The third kappa shape index (κ3) is 5.05. The van der Waals surface area contributed by atoms with Crippen molar-refractivity contribution in [1.82, 2.24) is 19.9 Å². The van der Waals surface area contributed by atoms with E-state index in [-0.39, 0.29) is 17.6 Å². The lowest BCUT2D eigenvalue weighted by Gasteiger charge is -2.12. The van der Waals surface area contributed by atoms with Gasteiger partial charge in [-0.2, -0.15) is 13.2 Å². The van der Waals surface area contributed by atoms with E-state index < -0.39 is 24.5 Å². The van der Waals surface area contributed by atoms with Crippen molar-refractivity contribution in [2.75, 3.05) is 0 Å². The number of carbonyl (C=O) groups excluding carboxylic acids is 1. The van der Waals surface area contributed by atoms with Crippen LogP contribution >= 0.6 is 0 Å². The normalized spacial score (nSPS) is 11.5. The second-order valence-electron chi connectivity index (χ2n) is 7.08. The second kappa shape index (κ2) is 9.09. The van der Waals surface area contributed by atoms with E-state index in [9.17, 15) is 18.0 Å². The molecule has 0 saturated heterocycles. The van der Waals surface area contributed by atoms with Crippen molar-refractivity contribution >= 4 is 16.9 Å². The Bertz CT molecular complexity index is 1210. The van der Waals surface area contributed by atoms with Gasteiger partial charge in [-0.15, -0.1) is 0 Å². The summed E-state index contributed by atoms with van der Waals surface area (Å²) < 4.78 is 46.7. The lowest BCUT2D eigenvalue weighted by molar-refractivity contribution is -0.147. The highest BCUT2D eigenvalue weighted by Crippen LogP contribution is 2.31. The zero-order chi connectivity index (χ0) is 22.6. The van der Waals surface area contributed by atoms with Crippen molar-refractivity contribution in [3.8, 4) is 5.75 Å². The lowest BCUT2D eigenvalue weighted by atomic mass is 10.2. The fraction of sp³-hybridized carbons (Fsp3) is 0.174. The first-order valence-corrected chi connectivity index (χ1v) is 9.80. The molecule has 2 aromatic heterocycles. The van der Waals surface area contributed by atoms with Crippen LogP contribution in [0.5, 0.6) is 5.75 Å². The summed E-state index contributed by atoms with van der Waals surface area (Å²) in [6.07, 6.45) is -1.26. The highest BCUT2D eigenvalue weighted by molar-refractivity contribution is 5.81. The Hall–Kier alpha value is -3.88. The first-order valence-electron chi connectivity index (χ1n) is 9.80. The van der Waals surface area contributed by atoms with Gasteiger partial charge in [0.15, 0.2) is 0 Å². The van der Waals surface area contributed by atoms with Gasteiger partial charge >= 0.3 is 6.18 Å². The lowest BCUT2D eigenvalue weighted by Crippen LogP contribution is -2.29. The molecule has 164 valence electrons. The summed E-state index contributed by atoms with van der Waals surface area (Å²) in [5, 5.41) is 2.65. The zero-order valence-electron chi connectivity index (χ0n) is 16.8. The number of aromatic nitrogens is 3. The van der Waals surface area contributed by atoms with E-state index in [2.05, 4.69) is 15.3 Å². The number of hydrogen-bond donors (Lipinski definition) is 1. The fourth-order valence-corrected chi connectivity index (χ4v) is 3.21. The number of nitrogens with one attached hydrogen (secondary N) is 1. The molecule has 0 aliphatic carbocycles. The molecule has 0 aliphatic heterocycles. The summed E-state index contributed by atoms with van der Waals surface area (Å²) in [4.78, 5) is 20.0. The SMILES string of the molecule is O=C(Cn1c(C(F)(F)F)nc2ccccc21)NCc1ccc(OCc2cccnc2)cc1. The van der Waals surface area contributed by atoms with Crippen LogP contribution in [0.2, 0.25) is 0 Å². The summed E-state index contributed by atoms with van der Waals surface area (Å²) >= 11 is 0. The number of hydrogen-bond acceptors (Lipinski definition) is 4. The quantitative estimate of drug-likeness (QED) is 0.464. The Morgan fingerprint density at radius 1 is 1.00 bits per heavy atom. The van der Waals surface area contributed by atoms with Crippen molar-refractivity contribution in [2.24, 2.45) is 0 Å². The van der Waals surface area contributed by atoms with Crippen LogP contribution in [0.4, 0.5) is 13.2 Å². The maximum absolute atomic E-state index is 13.4. The van der Waals surface area contributed by atoms with Crippen LogP contribution in [-0.4, -0.2) is 20.4 Å². The van der Waals surface area contributed by atoms with Crippen molar-refractivity contribution in [3.05, 3.63) is 90.0 Å². The molecule has 0 spiro atoms. The monoisotopic (exact) mass is 440 g/mol. The number of halogens is 3. The van der Waals surface area contributed by atoms with Crippen LogP contribution in [0.3, 0.4) is 0 Å². The summed E-state index contributed by atoms with van der Waals surface area (Å²) in [7, 11) is 0. The molecule has 0 bridgehead atoms. The van der Waals surface area contributed by atoms with Crippen LogP contribution in [0.25, 0.3) is 11.0 Å². The number of benzene rings is 2. The number of ether oxygens (including phenoxy) is 1. The molecule has 2 aromatic carbocycles. The number of fused-ring (bicyclic) bond motifs is 1. The number of imidazole rings is 1. The first kappa shape index (κ1) is 21.4. The van der Waals surface area contributed by atoms with Gasteiger partial charge in [-0.1, -0.05) is 30.3 Å². The van der Waals surface area contributed by atoms with Gasteiger partial charge in [-0.25, -0.2) is 4.98 Å². The van der Waals surface area contributed by atoms with Crippen LogP contribution in [0.15, 0.2) is 73.1 Å². The number of pyridine rings is 1. The second-order valence-corrected chi connectivity index (χ2v) is 7.08. The van der Waals surface area contributed by atoms with Crippen LogP contribution in [0, 0.1) is 0 Å². The smallest absolute Gasteiger partial charge is 0.449 e. The minimum atomic E-state index is -4.66. The summed E-state index contributed by atoms with van der Waals surface area (Å²) in [5.74, 6) is -0.983. The Balaban J connectivity index is 1.36. The van der Waals surface area contributed by atoms with Gasteiger partial charge in [0, 0.05) is 24.5 Å². The van der Waals surface area contributed by atoms with E-state index >= 15 is 0 Å². The van der Waals surface area contributed by atoms with Crippen LogP contribution in [0.1, 0.15) is 17.0 Å².